The maximum Gasteiger partial charge on any atom is 0.225 e. The Balaban J connectivity index is 2.13. The van der Waals surface area contributed by atoms with Crippen molar-refractivity contribution in [2.24, 2.45) is 5.92 Å². The predicted molar refractivity (Wildman–Crippen MR) is 106 cm³/mol. The lowest BCUT2D eigenvalue weighted by atomic mass is 10.1. The van der Waals surface area contributed by atoms with Gasteiger partial charge in [0.15, 0.2) is 0 Å². The highest BCUT2D eigenvalue weighted by atomic mass is 16.5. The lowest BCUT2D eigenvalue weighted by Gasteiger charge is -2.18. The molecule has 0 aliphatic carbocycles. The van der Waals surface area contributed by atoms with Crippen LogP contribution in [-0.2, 0) is 17.8 Å². The summed E-state index contributed by atoms with van der Waals surface area (Å²) in [6.07, 6.45) is 0.312. The van der Waals surface area contributed by atoms with Crippen molar-refractivity contribution in [3.8, 4) is 11.5 Å². The van der Waals surface area contributed by atoms with Gasteiger partial charge in [-0.05, 0) is 44.9 Å². The second-order valence-electron chi connectivity index (χ2n) is 7.30. The van der Waals surface area contributed by atoms with Gasteiger partial charge in [0.05, 0.1) is 32.4 Å². The molecule has 2 rings (SSSR count). The topological polar surface area (TPSA) is 65.4 Å². The Morgan fingerprint density at radius 2 is 1.89 bits per heavy atom. The van der Waals surface area contributed by atoms with Gasteiger partial charge in [0.2, 0.25) is 5.91 Å². The molecule has 0 aliphatic heterocycles. The van der Waals surface area contributed by atoms with E-state index in [0.29, 0.717) is 12.3 Å². The number of nitrogens with one attached hydrogen (secondary N) is 1. The summed E-state index contributed by atoms with van der Waals surface area (Å²) in [7, 11) is 3.24. The van der Waals surface area contributed by atoms with Crippen LogP contribution in [0.4, 0.5) is 0 Å². The number of hydrogen-bond donors (Lipinski definition) is 1. The number of methoxy groups -OCH3 is 2. The molecule has 1 aromatic carbocycles. The second-order valence-corrected chi connectivity index (χ2v) is 7.30. The van der Waals surface area contributed by atoms with Crippen LogP contribution in [0.2, 0.25) is 0 Å². The van der Waals surface area contributed by atoms with E-state index in [0.717, 1.165) is 40.6 Å². The first kappa shape index (κ1) is 20.8. The summed E-state index contributed by atoms with van der Waals surface area (Å²) in [5.74, 6) is 1.92. The van der Waals surface area contributed by atoms with Crippen molar-refractivity contribution >= 4 is 5.91 Å². The Labute approximate surface area is 161 Å². The largest absolute Gasteiger partial charge is 0.497 e. The molecule has 0 fully saturated rings. The number of aryl methyl sites for hydroxylation is 1. The fourth-order valence-electron chi connectivity index (χ4n) is 3.22. The second kappa shape index (κ2) is 8.93. The minimum Gasteiger partial charge on any atom is -0.497 e. The van der Waals surface area contributed by atoms with Crippen molar-refractivity contribution < 1.29 is 14.3 Å². The molecule has 6 nitrogen and oxygen atoms in total. The fourth-order valence-corrected chi connectivity index (χ4v) is 3.22. The molecule has 27 heavy (non-hydrogen) atoms. The van der Waals surface area contributed by atoms with E-state index < -0.39 is 0 Å². The van der Waals surface area contributed by atoms with E-state index in [1.165, 1.54) is 0 Å². The van der Waals surface area contributed by atoms with E-state index in [4.69, 9.17) is 9.47 Å². The zero-order valence-corrected chi connectivity index (χ0v) is 17.4. The quantitative estimate of drug-likeness (QED) is 0.768. The molecule has 0 radical (unpaired) electrons. The third-order valence-corrected chi connectivity index (χ3v) is 4.69. The number of aromatic nitrogens is 2. The molecule has 1 aromatic heterocycles. The third-order valence-electron chi connectivity index (χ3n) is 4.69. The highest BCUT2D eigenvalue weighted by molar-refractivity contribution is 5.79. The number of carbonyl (C=O) groups excluding carboxylic acids is 1. The molecule has 0 saturated heterocycles. The van der Waals surface area contributed by atoms with E-state index >= 15 is 0 Å². The molecule has 1 atom stereocenters. The molecule has 0 spiro atoms. The Bertz CT molecular complexity index is 796. The van der Waals surface area contributed by atoms with Crippen LogP contribution >= 0.6 is 0 Å². The average Bonchev–Trinajstić information content (AvgIpc) is 2.87. The number of rotatable bonds is 8. The monoisotopic (exact) mass is 373 g/mol. The first-order chi connectivity index (χ1) is 12.8. The van der Waals surface area contributed by atoms with Gasteiger partial charge in [-0.1, -0.05) is 13.8 Å². The Morgan fingerprint density at radius 1 is 1.19 bits per heavy atom. The molecule has 1 amide bonds. The Kier molecular flexibility index (Phi) is 6.88. The maximum atomic E-state index is 12.7. The average molecular weight is 373 g/mol. The predicted octanol–water partition coefficient (Wildman–Crippen LogP) is 3.59. The van der Waals surface area contributed by atoms with Crippen LogP contribution < -0.4 is 14.8 Å². The van der Waals surface area contributed by atoms with Gasteiger partial charge in [0.1, 0.15) is 11.5 Å². The molecule has 0 saturated carbocycles. The molecular formula is C21H31N3O3. The van der Waals surface area contributed by atoms with Gasteiger partial charge in [-0.2, -0.15) is 5.10 Å². The van der Waals surface area contributed by atoms with Gasteiger partial charge < -0.3 is 14.8 Å². The summed E-state index contributed by atoms with van der Waals surface area (Å²) in [5, 5.41) is 7.65. The molecule has 1 heterocycles. The fraction of sp³-hybridized carbons (Fsp3) is 0.524. The SMILES string of the molecule is COc1ccc(OC)c(C(C)NC(=O)Cc2c(C)nn(CC(C)C)c2C)c1. The summed E-state index contributed by atoms with van der Waals surface area (Å²) < 4.78 is 12.7. The summed E-state index contributed by atoms with van der Waals surface area (Å²) in [4.78, 5) is 12.7. The van der Waals surface area contributed by atoms with E-state index in [1.807, 2.05) is 43.7 Å². The van der Waals surface area contributed by atoms with Crippen LogP contribution in [-0.4, -0.2) is 29.9 Å². The summed E-state index contributed by atoms with van der Waals surface area (Å²) in [5.41, 5.74) is 3.85. The van der Waals surface area contributed by atoms with Crippen molar-refractivity contribution in [3.05, 3.63) is 40.7 Å². The van der Waals surface area contributed by atoms with Gasteiger partial charge >= 0.3 is 0 Å². The Hall–Kier alpha value is -2.50. The van der Waals surface area contributed by atoms with Gasteiger partial charge in [-0.3, -0.25) is 9.48 Å². The van der Waals surface area contributed by atoms with Crippen LogP contribution in [0.25, 0.3) is 0 Å². The first-order valence-corrected chi connectivity index (χ1v) is 9.31. The lowest BCUT2D eigenvalue weighted by Crippen LogP contribution is -2.28. The maximum absolute atomic E-state index is 12.7. The molecule has 2 aromatic rings. The smallest absolute Gasteiger partial charge is 0.225 e. The van der Waals surface area contributed by atoms with Crippen LogP contribution in [0.3, 0.4) is 0 Å². The van der Waals surface area contributed by atoms with Crippen molar-refractivity contribution in [1.82, 2.24) is 15.1 Å². The van der Waals surface area contributed by atoms with Crippen molar-refractivity contribution in [2.45, 2.75) is 53.6 Å². The van der Waals surface area contributed by atoms with Gasteiger partial charge in [-0.15, -0.1) is 0 Å². The summed E-state index contributed by atoms with van der Waals surface area (Å²) >= 11 is 0. The molecule has 0 bridgehead atoms. The van der Waals surface area contributed by atoms with Crippen molar-refractivity contribution in [1.29, 1.82) is 0 Å². The van der Waals surface area contributed by atoms with E-state index in [2.05, 4.69) is 24.3 Å². The number of nitrogens with zero attached hydrogens (tertiary/aromatic N) is 2. The van der Waals surface area contributed by atoms with Crippen molar-refractivity contribution in [3.63, 3.8) is 0 Å². The minimum atomic E-state index is -0.200. The number of amides is 1. The number of hydrogen-bond acceptors (Lipinski definition) is 4. The summed E-state index contributed by atoms with van der Waals surface area (Å²) in [6.45, 7) is 11.1. The van der Waals surface area contributed by atoms with Crippen LogP contribution in [0.5, 0.6) is 11.5 Å². The molecule has 0 aliphatic rings. The zero-order chi connectivity index (χ0) is 20.1. The highest BCUT2D eigenvalue weighted by Gasteiger charge is 2.19. The molecular weight excluding hydrogens is 342 g/mol. The molecule has 6 heteroatoms. The first-order valence-electron chi connectivity index (χ1n) is 9.31. The van der Waals surface area contributed by atoms with E-state index in [9.17, 15) is 4.79 Å². The van der Waals surface area contributed by atoms with Crippen LogP contribution in [0.1, 0.15) is 49.3 Å². The normalized spacial score (nSPS) is 12.1. The number of benzene rings is 1. The minimum absolute atomic E-state index is 0.0392. The molecule has 1 N–H and O–H groups in total. The van der Waals surface area contributed by atoms with Gasteiger partial charge in [0.25, 0.3) is 0 Å². The Morgan fingerprint density at radius 3 is 2.48 bits per heavy atom. The van der Waals surface area contributed by atoms with E-state index in [-0.39, 0.29) is 11.9 Å². The lowest BCUT2D eigenvalue weighted by molar-refractivity contribution is -0.121. The standard InChI is InChI=1S/C21H31N3O3/c1-13(2)12-24-16(5)18(15(4)23-24)11-21(25)22-14(3)19-10-17(26-6)8-9-20(19)27-7/h8-10,13-14H,11-12H2,1-7H3,(H,22,25). The van der Waals surface area contributed by atoms with Crippen molar-refractivity contribution in [2.75, 3.05) is 14.2 Å². The number of ether oxygens (including phenoxy) is 2. The third kappa shape index (κ3) is 5.02. The zero-order valence-electron chi connectivity index (χ0n) is 17.4. The summed E-state index contributed by atoms with van der Waals surface area (Å²) in [6, 6.07) is 5.38. The molecule has 148 valence electrons. The highest BCUT2D eigenvalue weighted by Crippen LogP contribution is 2.29. The van der Waals surface area contributed by atoms with Crippen LogP contribution in [0, 0.1) is 19.8 Å². The molecule has 1 unspecified atom stereocenters. The number of carbonyl (C=O) groups is 1. The van der Waals surface area contributed by atoms with Gasteiger partial charge in [-0.25, -0.2) is 0 Å². The van der Waals surface area contributed by atoms with Gasteiger partial charge in [0, 0.05) is 23.4 Å². The van der Waals surface area contributed by atoms with E-state index in [1.54, 1.807) is 14.2 Å². The van der Waals surface area contributed by atoms with Crippen LogP contribution in [0.15, 0.2) is 18.2 Å².